The lowest BCUT2D eigenvalue weighted by molar-refractivity contribution is 0.728. The number of nitriles is 1. The van der Waals surface area contributed by atoms with E-state index in [-0.39, 0.29) is 0 Å². The third-order valence-corrected chi connectivity index (χ3v) is 2.46. The van der Waals surface area contributed by atoms with Crippen LogP contribution >= 0.6 is 0 Å². The highest BCUT2D eigenvalue weighted by Crippen LogP contribution is 2.08. The molecule has 0 N–H and O–H groups in total. The zero-order valence-electron chi connectivity index (χ0n) is 9.09. The Morgan fingerprint density at radius 1 is 1.38 bits per heavy atom. The van der Waals surface area contributed by atoms with Gasteiger partial charge >= 0.3 is 0 Å². The zero-order valence-corrected chi connectivity index (χ0v) is 9.09. The largest absolute Gasteiger partial charge is 0.330 e. The van der Waals surface area contributed by atoms with Gasteiger partial charge in [0.05, 0.1) is 6.54 Å². The van der Waals surface area contributed by atoms with Crippen LogP contribution in [0.15, 0.2) is 30.7 Å². The minimum atomic E-state index is 0.484. The average molecular weight is 212 g/mol. The summed E-state index contributed by atoms with van der Waals surface area (Å²) < 4.78 is 2.04. The molecule has 0 aliphatic rings. The molecule has 2 rings (SSSR count). The van der Waals surface area contributed by atoms with Gasteiger partial charge < -0.3 is 4.57 Å². The van der Waals surface area contributed by atoms with Crippen LogP contribution < -0.4 is 0 Å². The number of rotatable bonds is 3. The molecule has 0 atom stereocenters. The molecule has 2 heterocycles. The van der Waals surface area contributed by atoms with Crippen LogP contribution in [0.1, 0.15) is 24.0 Å². The molecule has 0 aliphatic carbocycles. The fourth-order valence-electron chi connectivity index (χ4n) is 1.65. The van der Waals surface area contributed by atoms with E-state index in [0.29, 0.717) is 12.2 Å². The van der Waals surface area contributed by atoms with E-state index >= 15 is 0 Å². The summed E-state index contributed by atoms with van der Waals surface area (Å²) in [5, 5.41) is 8.94. The van der Waals surface area contributed by atoms with Crippen LogP contribution in [0, 0.1) is 11.3 Å². The quantitative estimate of drug-likeness (QED) is 0.779. The molecule has 2 aromatic rings. The Balaban J connectivity index is 2.31. The number of imidazole rings is 1. The van der Waals surface area contributed by atoms with E-state index in [1.165, 1.54) is 0 Å². The van der Waals surface area contributed by atoms with E-state index in [1.807, 2.05) is 22.9 Å². The molecule has 0 bridgehead atoms. The standard InChI is InChI=1S/C12H12N4/c1-2-12-15-6-7-16(12)9-10-4-3-5-14-11(10)8-13/h3-7H,2,9H2,1H3. The Kier molecular flexibility index (Phi) is 2.97. The van der Waals surface area contributed by atoms with Crippen LogP contribution in [0.4, 0.5) is 0 Å². The normalized spacial score (nSPS) is 10.0. The Morgan fingerprint density at radius 3 is 3.00 bits per heavy atom. The van der Waals surface area contributed by atoms with Crippen molar-refractivity contribution in [2.24, 2.45) is 0 Å². The van der Waals surface area contributed by atoms with Crippen LogP contribution in [0.25, 0.3) is 0 Å². The molecule has 4 heteroatoms. The number of hydrogen-bond donors (Lipinski definition) is 0. The minimum Gasteiger partial charge on any atom is -0.330 e. The molecule has 0 aliphatic heterocycles. The number of nitrogens with zero attached hydrogens (tertiary/aromatic N) is 4. The smallest absolute Gasteiger partial charge is 0.145 e. The maximum Gasteiger partial charge on any atom is 0.145 e. The van der Waals surface area contributed by atoms with Gasteiger partial charge in [-0.1, -0.05) is 13.0 Å². The van der Waals surface area contributed by atoms with Crippen molar-refractivity contribution in [2.75, 3.05) is 0 Å². The predicted octanol–water partition coefficient (Wildman–Crippen LogP) is 1.76. The van der Waals surface area contributed by atoms with Crippen molar-refractivity contribution in [3.05, 3.63) is 47.8 Å². The van der Waals surface area contributed by atoms with Crippen LogP contribution in [-0.4, -0.2) is 14.5 Å². The van der Waals surface area contributed by atoms with Gasteiger partial charge in [-0.2, -0.15) is 5.26 Å². The van der Waals surface area contributed by atoms with E-state index < -0.39 is 0 Å². The number of aromatic nitrogens is 3. The highest BCUT2D eigenvalue weighted by Gasteiger charge is 2.05. The maximum atomic E-state index is 8.94. The molecule has 0 amide bonds. The number of aryl methyl sites for hydroxylation is 1. The topological polar surface area (TPSA) is 54.5 Å². The minimum absolute atomic E-state index is 0.484. The molecule has 0 fully saturated rings. The fraction of sp³-hybridized carbons (Fsp3) is 0.250. The Labute approximate surface area is 94.2 Å². The number of pyridine rings is 1. The summed E-state index contributed by atoms with van der Waals surface area (Å²) in [6, 6.07) is 5.87. The Hall–Kier alpha value is -2.15. The molecule has 0 saturated heterocycles. The Bertz CT molecular complexity index is 522. The second-order valence-electron chi connectivity index (χ2n) is 3.45. The molecule has 16 heavy (non-hydrogen) atoms. The van der Waals surface area contributed by atoms with Gasteiger partial charge in [-0.05, 0) is 6.07 Å². The summed E-state index contributed by atoms with van der Waals surface area (Å²) >= 11 is 0. The Morgan fingerprint density at radius 2 is 2.25 bits per heavy atom. The fourth-order valence-corrected chi connectivity index (χ4v) is 1.65. The van der Waals surface area contributed by atoms with Crippen molar-refractivity contribution in [2.45, 2.75) is 19.9 Å². The molecule has 0 saturated carbocycles. The van der Waals surface area contributed by atoms with E-state index in [9.17, 15) is 0 Å². The molecule has 0 aromatic carbocycles. The predicted molar refractivity (Wildman–Crippen MR) is 59.7 cm³/mol. The molecule has 0 spiro atoms. The van der Waals surface area contributed by atoms with Crippen molar-refractivity contribution in [3.63, 3.8) is 0 Å². The van der Waals surface area contributed by atoms with Crippen molar-refractivity contribution in [1.29, 1.82) is 5.26 Å². The lowest BCUT2D eigenvalue weighted by atomic mass is 10.2. The second-order valence-corrected chi connectivity index (χ2v) is 3.45. The van der Waals surface area contributed by atoms with Gasteiger partial charge in [-0.25, -0.2) is 9.97 Å². The van der Waals surface area contributed by atoms with Gasteiger partial charge in [0.1, 0.15) is 17.6 Å². The van der Waals surface area contributed by atoms with Gasteiger partial charge in [0, 0.05) is 30.6 Å². The SMILES string of the molecule is CCc1nccn1Cc1cccnc1C#N. The molecule has 80 valence electrons. The summed E-state index contributed by atoms with van der Waals surface area (Å²) in [4.78, 5) is 8.28. The lowest BCUT2D eigenvalue weighted by Gasteiger charge is -2.07. The molecule has 0 radical (unpaired) electrons. The summed E-state index contributed by atoms with van der Waals surface area (Å²) in [5.74, 6) is 1.02. The van der Waals surface area contributed by atoms with Crippen LogP contribution in [0.5, 0.6) is 0 Å². The summed E-state index contributed by atoms with van der Waals surface area (Å²) in [6.07, 6.45) is 6.22. The average Bonchev–Trinajstić information content (AvgIpc) is 2.77. The highest BCUT2D eigenvalue weighted by molar-refractivity contribution is 5.30. The lowest BCUT2D eigenvalue weighted by Crippen LogP contribution is -2.05. The molecule has 4 nitrogen and oxygen atoms in total. The van der Waals surface area contributed by atoms with Gasteiger partial charge in [0.25, 0.3) is 0 Å². The monoisotopic (exact) mass is 212 g/mol. The summed E-state index contributed by atoms with van der Waals surface area (Å²) in [6.45, 7) is 2.72. The molecular weight excluding hydrogens is 200 g/mol. The zero-order chi connectivity index (χ0) is 11.4. The maximum absolute atomic E-state index is 8.94. The van der Waals surface area contributed by atoms with Crippen molar-refractivity contribution in [3.8, 4) is 6.07 Å². The molecule has 0 unspecified atom stereocenters. The van der Waals surface area contributed by atoms with Gasteiger partial charge in [0.2, 0.25) is 0 Å². The number of hydrogen-bond acceptors (Lipinski definition) is 3. The summed E-state index contributed by atoms with van der Waals surface area (Å²) in [7, 11) is 0. The van der Waals surface area contributed by atoms with E-state index in [0.717, 1.165) is 17.8 Å². The first-order chi connectivity index (χ1) is 7.85. The van der Waals surface area contributed by atoms with Crippen molar-refractivity contribution < 1.29 is 0 Å². The van der Waals surface area contributed by atoms with Crippen LogP contribution in [0.2, 0.25) is 0 Å². The third kappa shape index (κ3) is 1.94. The van der Waals surface area contributed by atoms with Crippen LogP contribution in [-0.2, 0) is 13.0 Å². The highest BCUT2D eigenvalue weighted by atomic mass is 15.1. The first-order valence-electron chi connectivity index (χ1n) is 5.19. The van der Waals surface area contributed by atoms with Crippen molar-refractivity contribution >= 4 is 0 Å². The molecular formula is C12H12N4. The van der Waals surface area contributed by atoms with E-state index in [2.05, 4.69) is 23.0 Å². The molecule has 2 aromatic heterocycles. The third-order valence-electron chi connectivity index (χ3n) is 2.46. The van der Waals surface area contributed by atoms with E-state index in [4.69, 9.17) is 5.26 Å². The van der Waals surface area contributed by atoms with Crippen LogP contribution in [0.3, 0.4) is 0 Å². The van der Waals surface area contributed by atoms with Gasteiger partial charge in [-0.3, -0.25) is 0 Å². The van der Waals surface area contributed by atoms with Crippen molar-refractivity contribution in [1.82, 2.24) is 14.5 Å². The van der Waals surface area contributed by atoms with E-state index in [1.54, 1.807) is 12.4 Å². The first kappa shape index (κ1) is 10.4. The summed E-state index contributed by atoms with van der Waals surface area (Å²) in [5.41, 5.74) is 1.41. The van der Waals surface area contributed by atoms with Gasteiger partial charge in [0.15, 0.2) is 0 Å². The second kappa shape index (κ2) is 4.58. The first-order valence-corrected chi connectivity index (χ1v) is 5.19. The van der Waals surface area contributed by atoms with Gasteiger partial charge in [-0.15, -0.1) is 0 Å².